The van der Waals surface area contributed by atoms with Crippen LogP contribution in [0.2, 0.25) is 10.0 Å². The lowest BCUT2D eigenvalue weighted by molar-refractivity contribution is 0.481. The van der Waals surface area contributed by atoms with E-state index in [1.807, 2.05) is 26.0 Å². The minimum atomic E-state index is 0.0699. The molecule has 0 saturated heterocycles. The molecule has 1 aromatic carbocycles. The van der Waals surface area contributed by atoms with E-state index in [0.717, 1.165) is 5.56 Å². The summed E-state index contributed by atoms with van der Waals surface area (Å²) in [5, 5.41) is 14.1. The molecule has 2 aromatic heterocycles. The quantitative estimate of drug-likeness (QED) is 0.448. The standard InChI is InChI=1S/C18H14Cl2N4O2/c1-10(2)17-23-15(8-21)18(26-17)24-22-9-12-4-6-16(25-12)11-3-5-13(19)14(20)7-11/h3-7,9-10,24H,1-2H3/b22-9+. The fourth-order valence-corrected chi connectivity index (χ4v) is 2.41. The van der Waals surface area contributed by atoms with Crippen LogP contribution in [0.15, 0.2) is 44.3 Å². The summed E-state index contributed by atoms with van der Waals surface area (Å²) in [6, 6.07) is 10.8. The molecule has 2 heterocycles. The van der Waals surface area contributed by atoms with E-state index < -0.39 is 0 Å². The molecule has 8 heteroatoms. The van der Waals surface area contributed by atoms with Crippen molar-refractivity contribution >= 4 is 35.3 Å². The van der Waals surface area contributed by atoms with Crippen LogP contribution < -0.4 is 5.43 Å². The molecule has 26 heavy (non-hydrogen) atoms. The van der Waals surface area contributed by atoms with Crippen LogP contribution in [0.3, 0.4) is 0 Å². The van der Waals surface area contributed by atoms with Crippen LogP contribution in [-0.2, 0) is 0 Å². The number of hydrazone groups is 1. The van der Waals surface area contributed by atoms with E-state index in [1.165, 1.54) is 6.21 Å². The summed E-state index contributed by atoms with van der Waals surface area (Å²) in [6.07, 6.45) is 1.47. The summed E-state index contributed by atoms with van der Waals surface area (Å²) in [5.74, 6) is 1.88. The van der Waals surface area contributed by atoms with Gasteiger partial charge in [-0.05, 0) is 30.3 Å². The number of hydrogen-bond acceptors (Lipinski definition) is 6. The maximum Gasteiger partial charge on any atom is 0.252 e. The first-order chi connectivity index (χ1) is 12.5. The zero-order valence-electron chi connectivity index (χ0n) is 14.0. The van der Waals surface area contributed by atoms with Crippen molar-refractivity contribution in [3.05, 3.63) is 57.7 Å². The number of furan rings is 1. The zero-order chi connectivity index (χ0) is 18.7. The lowest BCUT2D eigenvalue weighted by atomic mass is 10.2. The molecule has 0 spiro atoms. The SMILES string of the molecule is CC(C)c1nc(C#N)c(N/N=C/c2ccc(-c3ccc(Cl)c(Cl)c3)o2)o1. The number of anilines is 1. The molecule has 0 atom stereocenters. The summed E-state index contributed by atoms with van der Waals surface area (Å²) in [5.41, 5.74) is 3.63. The second-order valence-corrected chi connectivity index (χ2v) is 6.51. The van der Waals surface area contributed by atoms with Crippen LogP contribution >= 0.6 is 23.2 Å². The van der Waals surface area contributed by atoms with Crippen LogP contribution in [0.25, 0.3) is 11.3 Å². The van der Waals surface area contributed by atoms with Gasteiger partial charge in [0.05, 0.1) is 16.3 Å². The number of benzene rings is 1. The Kier molecular flexibility index (Phi) is 5.31. The van der Waals surface area contributed by atoms with Gasteiger partial charge >= 0.3 is 0 Å². The Morgan fingerprint density at radius 3 is 2.69 bits per heavy atom. The molecular weight excluding hydrogens is 375 g/mol. The van der Waals surface area contributed by atoms with Crippen molar-refractivity contribution in [3.8, 4) is 17.4 Å². The molecule has 3 rings (SSSR count). The van der Waals surface area contributed by atoms with Gasteiger partial charge in [0.25, 0.3) is 5.88 Å². The van der Waals surface area contributed by atoms with Gasteiger partial charge < -0.3 is 8.83 Å². The Morgan fingerprint density at radius 2 is 2.00 bits per heavy atom. The molecule has 0 saturated carbocycles. The number of nitrogens with zero attached hydrogens (tertiary/aromatic N) is 3. The molecule has 0 radical (unpaired) electrons. The van der Waals surface area contributed by atoms with Gasteiger partial charge in [-0.25, -0.2) is 10.4 Å². The van der Waals surface area contributed by atoms with E-state index in [9.17, 15) is 0 Å². The fraction of sp³-hybridized carbons (Fsp3) is 0.167. The van der Waals surface area contributed by atoms with E-state index in [4.69, 9.17) is 37.3 Å². The molecule has 6 nitrogen and oxygen atoms in total. The highest BCUT2D eigenvalue weighted by atomic mass is 35.5. The van der Waals surface area contributed by atoms with E-state index >= 15 is 0 Å². The zero-order valence-corrected chi connectivity index (χ0v) is 15.5. The Bertz CT molecular complexity index is 999. The first kappa shape index (κ1) is 18.1. The highest BCUT2D eigenvalue weighted by Gasteiger charge is 2.14. The molecule has 0 amide bonds. The lowest BCUT2D eigenvalue weighted by Gasteiger charge is -1.99. The van der Waals surface area contributed by atoms with Gasteiger partial charge in [0.2, 0.25) is 11.6 Å². The number of nitrogens with one attached hydrogen (secondary N) is 1. The van der Waals surface area contributed by atoms with Crippen molar-refractivity contribution in [3.63, 3.8) is 0 Å². The molecule has 132 valence electrons. The third-order valence-electron chi connectivity index (χ3n) is 3.43. The summed E-state index contributed by atoms with van der Waals surface area (Å²) >= 11 is 11.9. The van der Waals surface area contributed by atoms with Crippen molar-refractivity contribution in [2.75, 3.05) is 5.43 Å². The van der Waals surface area contributed by atoms with Crippen molar-refractivity contribution in [1.29, 1.82) is 5.26 Å². The highest BCUT2D eigenvalue weighted by Crippen LogP contribution is 2.29. The van der Waals surface area contributed by atoms with Crippen molar-refractivity contribution in [1.82, 2.24) is 4.98 Å². The predicted octanol–water partition coefficient (Wildman–Crippen LogP) is 5.68. The molecule has 0 aliphatic carbocycles. The minimum absolute atomic E-state index is 0.0699. The molecule has 0 aliphatic rings. The van der Waals surface area contributed by atoms with Gasteiger partial charge in [-0.2, -0.15) is 10.4 Å². The molecule has 0 bridgehead atoms. The maximum absolute atomic E-state index is 9.10. The van der Waals surface area contributed by atoms with Crippen molar-refractivity contribution < 1.29 is 8.83 Å². The fourth-order valence-electron chi connectivity index (χ4n) is 2.12. The smallest absolute Gasteiger partial charge is 0.252 e. The Balaban J connectivity index is 1.73. The van der Waals surface area contributed by atoms with Crippen LogP contribution in [0.4, 0.5) is 5.88 Å². The predicted molar refractivity (Wildman–Crippen MR) is 101 cm³/mol. The van der Waals surface area contributed by atoms with E-state index in [1.54, 1.807) is 24.3 Å². The largest absolute Gasteiger partial charge is 0.455 e. The Hall–Kier alpha value is -2.75. The third kappa shape index (κ3) is 3.90. The monoisotopic (exact) mass is 388 g/mol. The van der Waals surface area contributed by atoms with Crippen LogP contribution in [0, 0.1) is 11.3 Å². The third-order valence-corrected chi connectivity index (χ3v) is 4.17. The highest BCUT2D eigenvalue weighted by molar-refractivity contribution is 6.42. The lowest BCUT2D eigenvalue weighted by Crippen LogP contribution is -1.90. The summed E-state index contributed by atoms with van der Waals surface area (Å²) in [6.45, 7) is 3.85. The van der Waals surface area contributed by atoms with Crippen LogP contribution in [0.5, 0.6) is 0 Å². The van der Waals surface area contributed by atoms with Gasteiger partial charge in [-0.15, -0.1) is 0 Å². The van der Waals surface area contributed by atoms with Crippen LogP contribution in [0.1, 0.15) is 37.1 Å². The van der Waals surface area contributed by atoms with Crippen LogP contribution in [-0.4, -0.2) is 11.2 Å². The first-order valence-electron chi connectivity index (χ1n) is 7.73. The van der Waals surface area contributed by atoms with Gasteiger partial charge in [0, 0.05) is 11.5 Å². The molecular formula is C18H14Cl2N4O2. The second kappa shape index (κ2) is 7.65. The molecule has 0 unspecified atom stereocenters. The molecule has 0 aliphatic heterocycles. The number of hydrogen-bond donors (Lipinski definition) is 1. The molecule has 3 aromatic rings. The van der Waals surface area contributed by atoms with Gasteiger partial charge in [-0.3, -0.25) is 0 Å². The number of aromatic nitrogens is 1. The number of oxazole rings is 1. The Morgan fingerprint density at radius 1 is 1.19 bits per heavy atom. The van der Waals surface area contributed by atoms with E-state index in [2.05, 4.69) is 15.5 Å². The van der Waals surface area contributed by atoms with Gasteiger partial charge in [0.15, 0.2) is 0 Å². The average Bonchev–Trinajstić information content (AvgIpc) is 3.24. The topological polar surface area (TPSA) is 87.4 Å². The number of rotatable bonds is 5. The number of halogens is 2. The summed E-state index contributed by atoms with van der Waals surface area (Å²) < 4.78 is 11.2. The maximum atomic E-state index is 9.10. The summed E-state index contributed by atoms with van der Waals surface area (Å²) in [4.78, 5) is 4.10. The summed E-state index contributed by atoms with van der Waals surface area (Å²) in [7, 11) is 0. The minimum Gasteiger partial charge on any atom is -0.455 e. The van der Waals surface area contributed by atoms with Crippen molar-refractivity contribution in [2.45, 2.75) is 19.8 Å². The normalized spacial score (nSPS) is 11.2. The Labute approximate surface area is 160 Å². The second-order valence-electron chi connectivity index (χ2n) is 5.70. The van der Waals surface area contributed by atoms with E-state index in [-0.39, 0.29) is 17.5 Å². The molecule has 1 N–H and O–H groups in total. The average molecular weight is 389 g/mol. The van der Waals surface area contributed by atoms with Gasteiger partial charge in [-0.1, -0.05) is 37.0 Å². The molecule has 0 fully saturated rings. The van der Waals surface area contributed by atoms with E-state index in [0.29, 0.717) is 27.5 Å². The van der Waals surface area contributed by atoms with Crippen molar-refractivity contribution in [2.24, 2.45) is 5.10 Å². The first-order valence-corrected chi connectivity index (χ1v) is 8.48. The number of nitriles is 1. The van der Waals surface area contributed by atoms with Gasteiger partial charge in [0.1, 0.15) is 17.6 Å².